The van der Waals surface area contributed by atoms with E-state index in [2.05, 4.69) is 297 Å². The van der Waals surface area contributed by atoms with Crippen molar-refractivity contribution in [1.82, 2.24) is 13.7 Å². The maximum atomic E-state index is 10.5. The first-order chi connectivity index (χ1) is 64.0. The molecule has 0 amide bonds. The Morgan fingerprint density at radius 1 is 0.233 bits per heavy atom. The van der Waals surface area contributed by atoms with Crippen LogP contribution in [0.5, 0.6) is 0 Å². The fourth-order valence-corrected chi connectivity index (χ4v) is 18.4. The van der Waals surface area contributed by atoms with Gasteiger partial charge in [-0.25, -0.2) is 0 Å². The largest absolute Gasteiger partial charge is 0.310 e. The molecule has 0 saturated heterocycles. The van der Waals surface area contributed by atoms with Crippen LogP contribution in [0.15, 0.2) is 315 Å². The molecular weight excluding hydrogens is 1450 g/mol. The summed E-state index contributed by atoms with van der Waals surface area (Å²) in [4.78, 5) is 4.66. The molecule has 2 aliphatic heterocycles. The fourth-order valence-electron chi connectivity index (χ4n) is 18.4. The predicted molar refractivity (Wildman–Crippen MR) is 517 cm³/mol. The normalized spacial score (nSPS) is 15.2. The van der Waals surface area contributed by atoms with Crippen LogP contribution in [0.2, 0.25) is 0 Å². The summed E-state index contributed by atoms with van der Waals surface area (Å²) in [5.41, 5.74) is 19.7. The van der Waals surface area contributed by atoms with Gasteiger partial charge in [0.05, 0.1) is 72.1 Å². The highest BCUT2D eigenvalue weighted by atomic mass is 15.2. The van der Waals surface area contributed by atoms with E-state index in [1.54, 1.807) is 9.13 Å². The minimum absolute atomic E-state index is 0.0871. The molecule has 2 aliphatic rings. The van der Waals surface area contributed by atoms with Crippen molar-refractivity contribution >= 4 is 123 Å². The van der Waals surface area contributed by atoms with Crippen molar-refractivity contribution in [3.05, 3.63) is 348 Å². The lowest BCUT2D eigenvalue weighted by Gasteiger charge is -2.46. The highest BCUT2D eigenvalue weighted by Crippen LogP contribution is 2.57. The van der Waals surface area contributed by atoms with Crippen LogP contribution in [0.3, 0.4) is 0 Å². The molecule has 0 atom stereocenters. The van der Waals surface area contributed by atoms with Crippen LogP contribution in [0, 0.1) is 0 Å². The van der Waals surface area contributed by atoms with E-state index in [-0.39, 0.29) is 65.8 Å². The Morgan fingerprint density at radius 3 is 0.858 bits per heavy atom. The second-order valence-corrected chi connectivity index (χ2v) is 39.1. The number of benzene rings is 15. The molecule has 20 rings (SSSR count). The van der Waals surface area contributed by atoms with E-state index in [1.807, 2.05) is 60.7 Å². The SMILES string of the molecule is [2H]c1c([2H])c([2H])c2c(c1[2H])c1c([2H])c([2H])c([2H])c([2H])c1n2-c1ccc2c(c1)N(c1c(-c3ccccc3)cc(C(C)(C)C)cc1-c1ccccc1)c1cc(-n3c4c([2H])c([2H])c([2H])c([2H])c4c4c([2H])c([2H])c([2H])c([2H])c43)cc3c1B2c1ccc(-n2c4ccc(C(C)(C)C)cc4c4cc(C(C)(C)C)ccc42)cc1N3c1c(-c2ccccc2)cc(C(C)(C)C)cc1-c1cc(C(C)(C)C)cc(C(C)(C)C)c1. The standard InChI is InChI=1S/C114H106BN5/c1-109(2,3)75-50-56-100-92(61-75)93-62-76(110(4,5)6)51-57-101(93)117(100)82-53-55-95-103(68-82)120(108-90(73-40-26-21-27-41-73)65-80(114(16,17)18)66-91(108)74-58-77(111(7,8)9)60-78(59-74)112(10,11)12)105-70-83(118-98-48-34-30-44-86(98)87-45-31-35-49-99(87)118)69-104-106(105)115(95)94-54-52-81(116-96-46-32-28-42-84(96)85-43-29-33-47-97(85)116)67-102(94)119(104)107-88(71-36-22-19-23-37-71)63-79(113(13,14)15)64-89(107)72-38-24-20-25-39-72/h19-70H,1-18H3/i28D,29D,30D,31D,32D,33D,34D,35D,42D,43D,44D,45D,46D,47D,48D,49D. The summed E-state index contributed by atoms with van der Waals surface area (Å²) < 4.78 is 163. The van der Waals surface area contributed by atoms with Gasteiger partial charge in [0.25, 0.3) is 6.71 Å². The molecule has 5 nitrogen and oxygen atoms in total. The molecule has 120 heavy (non-hydrogen) atoms. The number of hydrogen-bond donors (Lipinski definition) is 0. The van der Waals surface area contributed by atoms with Crippen LogP contribution in [0.4, 0.5) is 34.1 Å². The number of para-hydroxylation sites is 4. The van der Waals surface area contributed by atoms with Crippen molar-refractivity contribution in [2.75, 3.05) is 9.80 Å². The smallest absolute Gasteiger partial charge is 0.252 e. The van der Waals surface area contributed by atoms with Crippen molar-refractivity contribution in [3.63, 3.8) is 0 Å². The van der Waals surface area contributed by atoms with E-state index in [1.165, 1.54) is 0 Å². The summed E-state index contributed by atoms with van der Waals surface area (Å²) in [5.74, 6) is 0. The van der Waals surface area contributed by atoms with Gasteiger partial charge in [0, 0.05) is 88.7 Å². The van der Waals surface area contributed by atoms with Gasteiger partial charge >= 0.3 is 0 Å². The molecule has 590 valence electrons. The van der Waals surface area contributed by atoms with Crippen molar-refractivity contribution < 1.29 is 21.9 Å². The van der Waals surface area contributed by atoms with Crippen LogP contribution in [-0.4, -0.2) is 20.4 Å². The molecule has 0 spiro atoms. The zero-order valence-corrected chi connectivity index (χ0v) is 71.6. The molecular formula is C114H106BN5. The zero-order chi connectivity index (χ0) is 97.1. The Hall–Kier alpha value is -12.6. The number of hydrogen-bond acceptors (Lipinski definition) is 2. The molecule has 0 unspecified atom stereocenters. The molecule has 3 aromatic heterocycles. The molecule has 6 heteroatoms. The van der Waals surface area contributed by atoms with E-state index >= 15 is 0 Å². The van der Waals surface area contributed by atoms with Gasteiger partial charge in [0.1, 0.15) is 0 Å². The Labute approximate surface area is 731 Å². The molecule has 0 fully saturated rings. The summed E-state index contributed by atoms with van der Waals surface area (Å²) in [5, 5.41) is 1.68. The molecule has 0 bridgehead atoms. The molecule has 0 radical (unpaired) electrons. The first-order valence-electron chi connectivity index (χ1n) is 49.9. The summed E-state index contributed by atoms with van der Waals surface area (Å²) in [6.07, 6.45) is 0. The van der Waals surface area contributed by atoms with Gasteiger partial charge in [-0.2, -0.15) is 0 Å². The van der Waals surface area contributed by atoms with E-state index in [4.69, 9.17) is 0 Å². The molecule has 0 aliphatic carbocycles. The van der Waals surface area contributed by atoms with E-state index in [0.29, 0.717) is 28.4 Å². The van der Waals surface area contributed by atoms with Crippen LogP contribution >= 0.6 is 0 Å². The summed E-state index contributed by atoms with van der Waals surface area (Å²) in [7, 11) is 0. The lowest BCUT2D eigenvalue weighted by atomic mass is 9.33. The lowest BCUT2D eigenvalue weighted by Crippen LogP contribution is -2.61. The first-order valence-corrected chi connectivity index (χ1v) is 41.9. The van der Waals surface area contributed by atoms with Gasteiger partial charge in [0.15, 0.2) is 0 Å². The maximum Gasteiger partial charge on any atom is 0.252 e. The molecule has 5 heterocycles. The van der Waals surface area contributed by atoms with Crippen LogP contribution < -0.4 is 26.2 Å². The van der Waals surface area contributed by atoms with Crippen molar-refractivity contribution in [2.24, 2.45) is 0 Å². The highest BCUT2D eigenvalue weighted by Gasteiger charge is 2.47. The third-order valence-electron chi connectivity index (χ3n) is 25.0. The summed E-state index contributed by atoms with van der Waals surface area (Å²) in [6, 6.07) is 68.7. The van der Waals surface area contributed by atoms with Gasteiger partial charge in [-0.1, -0.05) is 331 Å². The molecule has 0 saturated carbocycles. The first kappa shape index (κ1) is 59.9. The average molecular weight is 1570 g/mol. The van der Waals surface area contributed by atoms with Crippen LogP contribution in [0.25, 0.3) is 127 Å². The minimum atomic E-state index is -0.856. The molecule has 15 aromatic carbocycles. The Bertz CT molecular complexity index is 7910. The maximum absolute atomic E-state index is 10.5. The van der Waals surface area contributed by atoms with Crippen LogP contribution in [0.1, 0.15) is 180 Å². The number of anilines is 6. The van der Waals surface area contributed by atoms with Gasteiger partial charge in [-0.05, 0) is 214 Å². The number of nitrogens with zero attached hydrogens (tertiary/aromatic N) is 5. The third-order valence-corrected chi connectivity index (χ3v) is 25.0. The van der Waals surface area contributed by atoms with E-state index < -0.39 is 125 Å². The monoisotopic (exact) mass is 1570 g/mol. The third kappa shape index (κ3) is 12.5. The predicted octanol–water partition coefficient (Wildman–Crippen LogP) is 29.5. The Morgan fingerprint density at radius 2 is 0.525 bits per heavy atom. The van der Waals surface area contributed by atoms with Gasteiger partial charge in [-0.15, -0.1) is 0 Å². The van der Waals surface area contributed by atoms with Crippen molar-refractivity contribution in [1.29, 1.82) is 0 Å². The zero-order valence-electron chi connectivity index (χ0n) is 87.6. The quantitative estimate of drug-likeness (QED) is 0.134. The summed E-state index contributed by atoms with van der Waals surface area (Å²) >= 11 is 0. The Balaban J connectivity index is 1.07. The number of fused-ring (bicyclic) bond motifs is 13. The van der Waals surface area contributed by atoms with E-state index in [0.717, 1.165) is 127 Å². The van der Waals surface area contributed by atoms with Crippen LogP contribution in [-0.2, 0) is 32.5 Å². The van der Waals surface area contributed by atoms with Gasteiger partial charge < -0.3 is 23.5 Å². The fraction of sp³-hybridized carbons (Fsp3) is 0.211. The van der Waals surface area contributed by atoms with E-state index in [9.17, 15) is 21.9 Å². The minimum Gasteiger partial charge on any atom is -0.310 e. The topological polar surface area (TPSA) is 21.3 Å². The molecule has 18 aromatic rings. The second-order valence-electron chi connectivity index (χ2n) is 39.1. The lowest BCUT2D eigenvalue weighted by molar-refractivity contribution is 0.569. The second kappa shape index (κ2) is 27.5. The number of rotatable bonds is 9. The average Bonchev–Trinajstić information content (AvgIpc) is 1.22. The van der Waals surface area contributed by atoms with Gasteiger partial charge in [0.2, 0.25) is 0 Å². The van der Waals surface area contributed by atoms with Gasteiger partial charge in [-0.3, -0.25) is 0 Å². The molecule has 0 N–H and O–H groups in total. The number of aromatic nitrogens is 3. The van der Waals surface area contributed by atoms with Crippen molar-refractivity contribution in [2.45, 2.75) is 157 Å². The van der Waals surface area contributed by atoms with Crippen molar-refractivity contribution in [3.8, 4) is 61.6 Å². The Kier molecular flexibility index (Phi) is 13.7. The highest BCUT2D eigenvalue weighted by molar-refractivity contribution is 7.00. The summed E-state index contributed by atoms with van der Waals surface area (Å²) in [6.45, 7) is 39.4.